The molecular weight excluding hydrogens is 576 g/mol. The molecule has 228 valence electrons. The summed E-state index contributed by atoms with van der Waals surface area (Å²) in [4.78, 5) is 0. The van der Waals surface area contributed by atoms with Gasteiger partial charge in [0, 0.05) is 24.3 Å². The van der Waals surface area contributed by atoms with Gasteiger partial charge in [-0.3, -0.25) is 0 Å². The number of aromatic nitrogens is 2. The predicted octanol–water partition coefficient (Wildman–Crippen LogP) is 9.12. The van der Waals surface area contributed by atoms with Crippen molar-refractivity contribution < 1.29 is 18.6 Å². The monoisotopic (exact) mass is 612 g/mol. The van der Waals surface area contributed by atoms with E-state index < -0.39 is 0 Å². The highest BCUT2D eigenvalue weighted by Crippen LogP contribution is 2.24. The van der Waals surface area contributed by atoms with E-state index in [-0.39, 0.29) is 0 Å². The van der Waals surface area contributed by atoms with Crippen molar-refractivity contribution in [2.24, 2.45) is 0 Å². The highest BCUT2D eigenvalue weighted by molar-refractivity contribution is 5.86. The van der Waals surface area contributed by atoms with Crippen molar-refractivity contribution in [3.8, 4) is 11.5 Å². The Balaban J connectivity index is 0.915. The minimum absolute atomic E-state index is 0.542. The molecule has 4 heteroatoms. The number of aryl methyl sites for hydroxylation is 2. The van der Waals surface area contributed by atoms with E-state index in [9.17, 15) is 0 Å². The molecule has 0 atom stereocenters. The van der Waals surface area contributed by atoms with Crippen molar-refractivity contribution in [2.75, 3.05) is 0 Å². The van der Waals surface area contributed by atoms with E-state index in [1.54, 1.807) is 0 Å². The molecule has 2 aromatic heterocycles. The summed E-state index contributed by atoms with van der Waals surface area (Å²) in [6.07, 6.45) is 5.35. The lowest BCUT2D eigenvalue weighted by Gasteiger charge is -2.10. The Morgan fingerprint density at radius 3 is 1.74 bits per heavy atom. The van der Waals surface area contributed by atoms with Gasteiger partial charge in [-0.05, 0) is 75.1 Å². The standard InChI is InChI=1S/C43H36N2O2/c1-2-11-35-27-32(17-18-33(35)9-1)30-46-39-19-21-42-36(28-39)14-6-23-44(42)25-8-26-45-24-7-15-37-29-40(20-22-43(37)45)47-31-38-13-5-12-34-10-3-4-16-41(34)38/h1-7,9-24,27-29H,8,25-26,30-31H2/q+2. The van der Waals surface area contributed by atoms with E-state index in [1.165, 1.54) is 54.5 Å². The van der Waals surface area contributed by atoms with Crippen LogP contribution in [0.15, 0.2) is 158 Å². The van der Waals surface area contributed by atoms with Gasteiger partial charge in [-0.15, -0.1) is 0 Å². The van der Waals surface area contributed by atoms with Gasteiger partial charge in [0.15, 0.2) is 25.5 Å². The molecule has 0 N–H and O–H groups in total. The van der Waals surface area contributed by atoms with Crippen LogP contribution in [0.4, 0.5) is 0 Å². The molecule has 0 saturated carbocycles. The van der Waals surface area contributed by atoms with Crippen LogP contribution in [0.2, 0.25) is 0 Å². The Morgan fingerprint density at radius 1 is 0.426 bits per heavy atom. The number of nitrogens with zero attached hydrogens (tertiary/aromatic N) is 2. The van der Waals surface area contributed by atoms with Crippen LogP contribution in [-0.4, -0.2) is 0 Å². The number of ether oxygens (including phenoxy) is 2. The summed E-state index contributed by atoms with van der Waals surface area (Å²) < 4.78 is 17.2. The largest absolute Gasteiger partial charge is 0.489 e. The lowest BCUT2D eigenvalue weighted by molar-refractivity contribution is -0.702. The van der Waals surface area contributed by atoms with E-state index >= 15 is 0 Å². The Kier molecular flexibility index (Phi) is 7.90. The van der Waals surface area contributed by atoms with Crippen LogP contribution in [0.5, 0.6) is 11.5 Å². The number of rotatable bonds is 10. The quantitative estimate of drug-likeness (QED) is 0.144. The fourth-order valence-electron chi connectivity index (χ4n) is 6.57. The predicted molar refractivity (Wildman–Crippen MR) is 189 cm³/mol. The van der Waals surface area contributed by atoms with Crippen LogP contribution in [0.3, 0.4) is 0 Å². The van der Waals surface area contributed by atoms with Crippen molar-refractivity contribution in [1.82, 2.24) is 0 Å². The zero-order valence-corrected chi connectivity index (χ0v) is 26.3. The van der Waals surface area contributed by atoms with E-state index in [1.807, 2.05) is 0 Å². The lowest BCUT2D eigenvalue weighted by Crippen LogP contribution is -2.39. The molecule has 0 radical (unpaired) electrons. The smallest absolute Gasteiger partial charge is 0.212 e. The van der Waals surface area contributed by atoms with Crippen molar-refractivity contribution in [3.05, 3.63) is 169 Å². The van der Waals surface area contributed by atoms with Gasteiger partial charge < -0.3 is 9.47 Å². The third-order valence-corrected chi connectivity index (χ3v) is 8.99. The maximum Gasteiger partial charge on any atom is 0.212 e. The summed E-state index contributed by atoms with van der Waals surface area (Å²) in [6.45, 7) is 2.93. The summed E-state index contributed by atoms with van der Waals surface area (Å²) in [7, 11) is 0. The van der Waals surface area contributed by atoms with Gasteiger partial charge in [0.05, 0.1) is 17.2 Å². The van der Waals surface area contributed by atoms with Crippen LogP contribution < -0.4 is 18.6 Å². The summed E-state index contributed by atoms with van der Waals surface area (Å²) in [5, 5.41) is 7.32. The van der Waals surface area contributed by atoms with Gasteiger partial charge in [-0.2, -0.15) is 9.13 Å². The highest BCUT2D eigenvalue weighted by atomic mass is 16.5. The first-order chi connectivity index (χ1) is 23.3. The molecule has 0 spiro atoms. The normalized spacial score (nSPS) is 11.4. The van der Waals surface area contributed by atoms with Gasteiger partial charge in [0.25, 0.3) is 0 Å². The molecule has 0 aliphatic carbocycles. The van der Waals surface area contributed by atoms with Gasteiger partial charge in [-0.1, -0.05) is 78.9 Å². The molecule has 0 bridgehead atoms. The first kappa shape index (κ1) is 28.7. The van der Waals surface area contributed by atoms with Crippen LogP contribution in [0.25, 0.3) is 43.4 Å². The summed E-state index contributed by atoms with van der Waals surface area (Å²) >= 11 is 0. The minimum Gasteiger partial charge on any atom is -0.489 e. The van der Waals surface area contributed by atoms with Crippen LogP contribution in [0.1, 0.15) is 17.5 Å². The molecular formula is C43H36N2O2+2. The second kappa shape index (κ2) is 12.9. The Morgan fingerprint density at radius 2 is 1.02 bits per heavy atom. The molecule has 0 unspecified atom stereocenters. The molecule has 0 aliphatic rings. The Labute approximate surface area is 274 Å². The molecule has 4 nitrogen and oxygen atoms in total. The zero-order chi connectivity index (χ0) is 31.4. The Bertz CT molecular complexity index is 2360. The molecule has 0 amide bonds. The third-order valence-electron chi connectivity index (χ3n) is 8.99. The molecule has 8 rings (SSSR count). The second-order valence-corrected chi connectivity index (χ2v) is 12.1. The van der Waals surface area contributed by atoms with Gasteiger partial charge in [0.2, 0.25) is 11.0 Å². The van der Waals surface area contributed by atoms with E-state index in [0.717, 1.165) is 31.0 Å². The Hall–Kier alpha value is -5.74. The first-order valence-electron chi connectivity index (χ1n) is 16.3. The fraction of sp³-hybridized carbons (Fsp3) is 0.116. The van der Waals surface area contributed by atoms with Crippen molar-refractivity contribution in [2.45, 2.75) is 32.7 Å². The summed E-state index contributed by atoms with van der Waals surface area (Å²) in [6, 6.07) is 51.2. The van der Waals surface area contributed by atoms with Crippen LogP contribution in [-0.2, 0) is 26.3 Å². The highest BCUT2D eigenvalue weighted by Gasteiger charge is 2.14. The van der Waals surface area contributed by atoms with Crippen LogP contribution >= 0.6 is 0 Å². The van der Waals surface area contributed by atoms with Crippen molar-refractivity contribution in [1.29, 1.82) is 0 Å². The third kappa shape index (κ3) is 6.23. The van der Waals surface area contributed by atoms with E-state index in [4.69, 9.17) is 9.47 Å². The molecule has 8 aromatic rings. The summed E-state index contributed by atoms with van der Waals surface area (Å²) in [5.41, 5.74) is 4.78. The topological polar surface area (TPSA) is 26.2 Å². The fourth-order valence-corrected chi connectivity index (χ4v) is 6.57. The van der Waals surface area contributed by atoms with Gasteiger partial charge in [-0.25, -0.2) is 0 Å². The van der Waals surface area contributed by atoms with Gasteiger partial charge >= 0.3 is 0 Å². The SMILES string of the molecule is c1ccc2cc(COc3ccc4c(ccc[n+]4CCC[n+]4cccc5cc(OCc6cccc7ccccc67)ccc54)c3)ccc2c1. The van der Waals surface area contributed by atoms with Gasteiger partial charge in [0.1, 0.15) is 24.7 Å². The average molecular weight is 613 g/mol. The molecule has 0 aliphatic heterocycles. The number of pyridine rings is 2. The number of fused-ring (bicyclic) bond motifs is 4. The number of hydrogen-bond acceptors (Lipinski definition) is 2. The average Bonchev–Trinajstić information content (AvgIpc) is 3.13. The zero-order valence-electron chi connectivity index (χ0n) is 26.3. The molecule has 0 saturated heterocycles. The van der Waals surface area contributed by atoms with E-state index in [2.05, 4.69) is 167 Å². The molecule has 47 heavy (non-hydrogen) atoms. The van der Waals surface area contributed by atoms with Crippen molar-refractivity contribution in [3.63, 3.8) is 0 Å². The molecule has 6 aromatic carbocycles. The maximum atomic E-state index is 6.27. The summed E-state index contributed by atoms with van der Waals surface area (Å²) in [5.74, 6) is 1.77. The van der Waals surface area contributed by atoms with Crippen molar-refractivity contribution >= 4 is 43.4 Å². The molecule has 2 heterocycles. The minimum atomic E-state index is 0.542. The second-order valence-electron chi connectivity index (χ2n) is 12.1. The number of benzene rings is 6. The molecule has 0 fully saturated rings. The maximum absolute atomic E-state index is 6.27. The number of hydrogen-bond donors (Lipinski definition) is 0. The lowest BCUT2D eigenvalue weighted by atomic mass is 10.1. The van der Waals surface area contributed by atoms with E-state index in [0.29, 0.717) is 13.2 Å². The van der Waals surface area contributed by atoms with Crippen LogP contribution in [0, 0.1) is 0 Å². The first-order valence-corrected chi connectivity index (χ1v) is 16.3.